The first-order valence-corrected chi connectivity index (χ1v) is 9.31. The first-order chi connectivity index (χ1) is 10.3. The fourth-order valence-corrected chi connectivity index (χ4v) is 4.74. The van der Waals surface area contributed by atoms with Crippen LogP contribution in [0, 0.1) is 11.8 Å². The number of nitrogens with one attached hydrogen (secondary N) is 1. The van der Waals surface area contributed by atoms with Gasteiger partial charge < -0.3 is 10.2 Å². The van der Waals surface area contributed by atoms with Crippen molar-refractivity contribution in [1.82, 2.24) is 10.2 Å². The second-order valence-corrected chi connectivity index (χ2v) is 7.58. The number of fused-ring (bicyclic) bond motifs is 2. The number of amides is 1. The van der Waals surface area contributed by atoms with Gasteiger partial charge in [-0.05, 0) is 38.0 Å². The van der Waals surface area contributed by atoms with E-state index in [0.29, 0.717) is 23.9 Å². The fourth-order valence-electron chi connectivity index (χ4n) is 4.74. The minimum absolute atomic E-state index is 0. The lowest BCUT2D eigenvalue weighted by Crippen LogP contribution is -2.42. The Balaban J connectivity index is 0.00000176. The Bertz CT molecular complexity index is 357. The van der Waals surface area contributed by atoms with Crippen molar-refractivity contribution in [3.8, 4) is 0 Å². The lowest BCUT2D eigenvalue weighted by atomic mass is 9.88. The summed E-state index contributed by atoms with van der Waals surface area (Å²) in [6.07, 6.45) is 12.6. The summed E-state index contributed by atoms with van der Waals surface area (Å²) >= 11 is 0. The van der Waals surface area contributed by atoms with Crippen molar-refractivity contribution in [2.75, 3.05) is 13.1 Å². The molecule has 0 aromatic heterocycles. The van der Waals surface area contributed by atoms with E-state index in [1.165, 1.54) is 38.5 Å². The standard InChI is InChI=1S/C18H32N2O.ClH/c1-2-5-15(12-14-6-3-4-7-14)18(21)20-11-10-16-8-9-17(13-20)19-16;/h14-17,19H,2-13H2,1H3;1H. The predicted octanol–water partition coefficient (Wildman–Crippen LogP) is 3.76. The largest absolute Gasteiger partial charge is 0.341 e. The van der Waals surface area contributed by atoms with Gasteiger partial charge >= 0.3 is 0 Å². The Morgan fingerprint density at radius 2 is 1.86 bits per heavy atom. The summed E-state index contributed by atoms with van der Waals surface area (Å²) in [5.74, 6) is 1.60. The van der Waals surface area contributed by atoms with E-state index in [-0.39, 0.29) is 12.4 Å². The molecule has 0 aromatic carbocycles. The molecule has 2 saturated heterocycles. The zero-order valence-corrected chi connectivity index (χ0v) is 14.9. The van der Waals surface area contributed by atoms with Gasteiger partial charge in [0.25, 0.3) is 0 Å². The average molecular weight is 329 g/mol. The first-order valence-electron chi connectivity index (χ1n) is 9.31. The van der Waals surface area contributed by atoms with E-state index in [4.69, 9.17) is 0 Å². The predicted molar refractivity (Wildman–Crippen MR) is 93.4 cm³/mol. The molecule has 2 heterocycles. The number of carbonyl (C=O) groups is 1. The van der Waals surface area contributed by atoms with Gasteiger partial charge in [-0.1, -0.05) is 39.0 Å². The smallest absolute Gasteiger partial charge is 0.225 e. The van der Waals surface area contributed by atoms with Gasteiger partial charge in [-0.3, -0.25) is 4.79 Å². The molecule has 0 spiro atoms. The second kappa shape index (κ2) is 8.54. The van der Waals surface area contributed by atoms with Gasteiger partial charge in [0, 0.05) is 31.1 Å². The monoisotopic (exact) mass is 328 g/mol. The van der Waals surface area contributed by atoms with Crippen LogP contribution in [-0.2, 0) is 4.79 Å². The summed E-state index contributed by atoms with van der Waals surface area (Å²) in [7, 11) is 0. The van der Waals surface area contributed by atoms with Crippen molar-refractivity contribution in [3.05, 3.63) is 0 Å². The number of likely N-dealkylation sites (tertiary alicyclic amines) is 1. The van der Waals surface area contributed by atoms with Gasteiger partial charge in [0.05, 0.1) is 0 Å². The van der Waals surface area contributed by atoms with Gasteiger partial charge in [0.2, 0.25) is 5.91 Å². The number of hydrogen-bond acceptors (Lipinski definition) is 2. The maximum absolute atomic E-state index is 13.0. The Hall–Kier alpha value is -0.280. The molecule has 3 atom stereocenters. The number of hydrogen-bond donors (Lipinski definition) is 1. The minimum atomic E-state index is 0. The van der Waals surface area contributed by atoms with Crippen molar-refractivity contribution in [3.63, 3.8) is 0 Å². The van der Waals surface area contributed by atoms with E-state index in [1.54, 1.807) is 0 Å². The maximum atomic E-state index is 13.0. The molecule has 3 unspecified atom stereocenters. The lowest BCUT2D eigenvalue weighted by Gasteiger charge is -2.29. The number of carbonyl (C=O) groups excluding carboxylic acids is 1. The zero-order valence-electron chi connectivity index (χ0n) is 14.1. The third-order valence-electron chi connectivity index (χ3n) is 5.91. The highest BCUT2D eigenvalue weighted by molar-refractivity contribution is 5.85. The first kappa shape index (κ1) is 18.1. The van der Waals surface area contributed by atoms with Crippen LogP contribution in [0.4, 0.5) is 0 Å². The Morgan fingerprint density at radius 3 is 2.59 bits per heavy atom. The SMILES string of the molecule is CCCC(CC1CCCC1)C(=O)N1CCC2CCC(C1)N2.Cl. The number of nitrogens with zero attached hydrogens (tertiary/aromatic N) is 1. The molecule has 4 heteroatoms. The molecule has 1 saturated carbocycles. The summed E-state index contributed by atoms with van der Waals surface area (Å²) < 4.78 is 0. The topological polar surface area (TPSA) is 32.3 Å². The molecule has 3 fully saturated rings. The fraction of sp³-hybridized carbons (Fsp3) is 0.944. The molecular weight excluding hydrogens is 296 g/mol. The van der Waals surface area contributed by atoms with Crippen LogP contribution in [0.2, 0.25) is 0 Å². The third kappa shape index (κ3) is 4.38. The van der Waals surface area contributed by atoms with E-state index < -0.39 is 0 Å². The molecule has 22 heavy (non-hydrogen) atoms. The van der Waals surface area contributed by atoms with E-state index in [0.717, 1.165) is 44.7 Å². The Morgan fingerprint density at radius 1 is 1.14 bits per heavy atom. The Kier molecular flexibility index (Phi) is 7.01. The van der Waals surface area contributed by atoms with Crippen molar-refractivity contribution >= 4 is 18.3 Å². The van der Waals surface area contributed by atoms with Crippen LogP contribution >= 0.6 is 12.4 Å². The van der Waals surface area contributed by atoms with Gasteiger partial charge in [-0.15, -0.1) is 12.4 Å². The summed E-state index contributed by atoms with van der Waals surface area (Å²) in [5, 5.41) is 3.69. The van der Waals surface area contributed by atoms with Gasteiger partial charge in [0.1, 0.15) is 0 Å². The van der Waals surface area contributed by atoms with Crippen molar-refractivity contribution < 1.29 is 4.79 Å². The highest BCUT2D eigenvalue weighted by atomic mass is 35.5. The van der Waals surface area contributed by atoms with Crippen LogP contribution in [0.5, 0.6) is 0 Å². The summed E-state index contributed by atoms with van der Waals surface area (Å²) in [6, 6.07) is 1.24. The van der Waals surface area contributed by atoms with Gasteiger partial charge in [0.15, 0.2) is 0 Å². The minimum Gasteiger partial charge on any atom is -0.341 e. The van der Waals surface area contributed by atoms with E-state index >= 15 is 0 Å². The molecule has 3 aliphatic rings. The molecule has 0 radical (unpaired) electrons. The molecule has 0 aromatic rings. The van der Waals surface area contributed by atoms with Crippen LogP contribution in [0.25, 0.3) is 0 Å². The van der Waals surface area contributed by atoms with Crippen LogP contribution in [0.1, 0.15) is 71.1 Å². The molecule has 2 aliphatic heterocycles. The second-order valence-electron chi connectivity index (χ2n) is 7.58. The summed E-state index contributed by atoms with van der Waals surface area (Å²) in [5.41, 5.74) is 0. The number of rotatable bonds is 5. The third-order valence-corrected chi connectivity index (χ3v) is 5.91. The molecule has 1 N–H and O–H groups in total. The van der Waals surface area contributed by atoms with E-state index in [1.807, 2.05) is 0 Å². The number of halogens is 1. The lowest BCUT2D eigenvalue weighted by molar-refractivity contribution is -0.136. The average Bonchev–Trinajstić information content (AvgIpc) is 3.07. The molecule has 3 nitrogen and oxygen atoms in total. The summed E-state index contributed by atoms with van der Waals surface area (Å²) in [6.45, 7) is 4.17. The quantitative estimate of drug-likeness (QED) is 0.833. The maximum Gasteiger partial charge on any atom is 0.225 e. The van der Waals surface area contributed by atoms with E-state index in [2.05, 4.69) is 17.1 Å². The molecule has 1 amide bonds. The Labute approximate surface area is 142 Å². The molecule has 128 valence electrons. The molecule has 1 aliphatic carbocycles. The highest BCUT2D eigenvalue weighted by Crippen LogP contribution is 2.33. The zero-order chi connectivity index (χ0) is 14.7. The van der Waals surface area contributed by atoms with Crippen LogP contribution in [0.3, 0.4) is 0 Å². The summed E-state index contributed by atoms with van der Waals surface area (Å²) in [4.78, 5) is 15.2. The van der Waals surface area contributed by atoms with E-state index in [9.17, 15) is 4.79 Å². The van der Waals surface area contributed by atoms with Gasteiger partial charge in [-0.2, -0.15) is 0 Å². The molecular formula is C18H33ClN2O. The van der Waals surface area contributed by atoms with Crippen LogP contribution in [0.15, 0.2) is 0 Å². The molecule has 3 rings (SSSR count). The normalized spacial score (nSPS) is 30.0. The van der Waals surface area contributed by atoms with Crippen molar-refractivity contribution in [2.45, 2.75) is 83.2 Å². The van der Waals surface area contributed by atoms with Crippen LogP contribution < -0.4 is 5.32 Å². The molecule has 2 bridgehead atoms. The van der Waals surface area contributed by atoms with Crippen molar-refractivity contribution in [1.29, 1.82) is 0 Å². The van der Waals surface area contributed by atoms with Crippen LogP contribution in [-0.4, -0.2) is 36.0 Å². The van der Waals surface area contributed by atoms with Crippen molar-refractivity contribution in [2.24, 2.45) is 11.8 Å². The highest BCUT2D eigenvalue weighted by Gasteiger charge is 2.34. The van der Waals surface area contributed by atoms with Gasteiger partial charge in [-0.25, -0.2) is 0 Å².